The Labute approximate surface area is 122 Å². The molecular formula is C15H18F2N2O2. The number of rotatable bonds is 2. The zero-order chi connectivity index (χ0) is 15.9. The quantitative estimate of drug-likeness (QED) is 0.910. The number of nitrogens with zero attached hydrogens (tertiary/aromatic N) is 1. The number of amides is 2. The monoisotopic (exact) mass is 296 g/mol. The van der Waals surface area contributed by atoms with E-state index in [9.17, 15) is 18.4 Å². The van der Waals surface area contributed by atoms with Gasteiger partial charge in [0, 0.05) is 0 Å². The van der Waals surface area contributed by atoms with Crippen LogP contribution in [-0.2, 0) is 9.59 Å². The highest BCUT2D eigenvalue weighted by atomic mass is 19.1. The summed E-state index contributed by atoms with van der Waals surface area (Å²) in [4.78, 5) is 25.8. The molecule has 1 aliphatic rings. The molecule has 1 unspecified atom stereocenters. The van der Waals surface area contributed by atoms with Crippen molar-refractivity contribution in [3.05, 3.63) is 29.8 Å². The molecule has 0 bridgehead atoms. The van der Waals surface area contributed by atoms with Gasteiger partial charge in [0.05, 0.1) is 0 Å². The molecule has 1 saturated heterocycles. The highest BCUT2D eigenvalue weighted by molar-refractivity contribution is 6.10. The molecule has 1 N–H and O–H groups in total. The smallest absolute Gasteiger partial charge is 0.253 e. The number of carbonyl (C=O) groups is 2. The van der Waals surface area contributed by atoms with Crippen molar-refractivity contribution < 1.29 is 18.4 Å². The molecule has 0 radical (unpaired) electrons. The molecule has 21 heavy (non-hydrogen) atoms. The fourth-order valence-corrected chi connectivity index (χ4v) is 2.54. The molecule has 1 aromatic carbocycles. The molecule has 1 aromatic rings. The third-order valence-corrected chi connectivity index (χ3v) is 3.55. The van der Waals surface area contributed by atoms with E-state index in [1.807, 2.05) is 0 Å². The Kier molecular flexibility index (Phi) is 3.74. The minimum atomic E-state index is -1.21. The van der Waals surface area contributed by atoms with Crippen molar-refractivity contribution in [2.75, 3.05) is 4.90 Å². The van der Waals surface area contributed by atoms with Crippen LogP contribution >= 0.6 is 0 Å². The molecule has 1 heterocycles. The predicted octanol–water partition coefficient (Wildman–Crippen LogP) is 2.23. The van der Waals surface area contributed by atoms with Gasteiger partial charge in [0.15, 0.2) is 0 Å². The number of hydrogen-bond acceptors (Lipinski definition) is 2. The lowest BCUT2D eigenvalue weighted by atomic mass is 9.91. The van der Waals surface area contributed by atoms with Gasteiger partial charge < -0.3 is 5.32 Å². The second-order valence-electron chi connectivity index (χ2n) is 6.05. The van der Waals surface area contributed by atoms with Crippen LogP contribution in [0.1, 0.15) is 27.7 Å². The second-order valence-corrected chi connectivity index (χ2v) is 6.05. The van der Waals surface area contributed by atoms with Gasteiger partial charge in [-0.15, -0.1) is 0 Å². The van der Waals surface area contributed by atoms with Crippen molar-refractivity contribution >= 4 is 17.5 Å². The Morgan fingerprint density at radius 3 is 2.19 bits per heavy atom. The third-order valence-electron chi connectivity index (χ3n) is 3.55. The van der Waals surface area contributed by atoms with Crippen molar-refractivity contribution in [1.82, 2.24) is 5.32 Å². The lowest BCUT2D eigenvalue weighted by molar-refractivity contribution is -0.138. The summed E-state index contributed by atoms with van der Waals surface area (Å²) in [6.07, 6.45) is 0. The first-order valence-electron chi connectivity index (χ1n) is 6.76. The number of nitrogens with one attached hydrogen (secondary N) is 1. The molecule has 0 aromatic heterocycles. The summed E-state index contributed by atoms with van der Waals surface area (Å²) in [6.45, 7) is 6.47. The van der Waals surface area contributed by atoms with Gasteiger partial charge in [-0.2, -0.15) is 0 Å². The van der Waals surface area contributed by atoms with Gasteiger partial charge >= 0.3 is 0 Å². The zero-order valence-electron chi connectivity index (χ0n) is 12.4. The highest BCUT2D eigenvalue weighted by Gasteiger charge is 2.48. The first-order chi connectivity index (χ1) is 9.66. The summed E-state index contributed by atoms with van der Waals surface area (Å²) in [5.41, 5.74) is -1.68. The molecule has 4 nitrogen and oxygen atoms in total. The van der Waals surface area contributed by atoms with E-state index < -0.39 is 40.7 Å². The molecule has 2 amide bonds. The van der Waals surface area contributed by atoms with Crippen LogP contribution in [-0.4, -0.2) is 23.4 Å². The Balaban J connectivity index is 2.64. The van der Waals surface area contributed by atoms with Gasteiger partial charge in [-0.1, -0.05) is 19.9 Å². The second kappa shape index (κ2) is 5.09. The number of hydrogen-bond donors (Lipinski definition) is 1. The number of halogens is 2. The maximum absolute atomic E-state index is 14.1. The molecule has 1 aliphatic heterocycles. The fourth-order valence-electron chi connectivity index (χ4n) is 2.54. The molecule has 0 saturated carbocycles. The summed E-state index contributed by atoms with van der Waals surface area (Å²) in [5.74, 6) is -2.97. The molecule has 6 heteroatoms. The average Bonchev–Trinajstić information content (AvgIpc) is 2.33. The topological polar surface area (TPSA) is 49.4 Å². The van der Waals surface area contributed by atoms with E-state index in [1.165, 1.54) is 19.9 Å². The summed E-state index contributed by atoms with van der Waals surface area (Å²) in [7, 11) is 0. The maximum Gasteiger partial charge on any atom is 0.253 e. The Hall–Kier alpha value is -1.98. The summed E-state index contributed by atoms with van der Waals surface area (Å²) < 4.78 is 28.1. The van der Waals surface area contributed by atoms with E-state index in [4.69, 9.17) is 0 Å². The van der Waals surface area contributed by atoms with Crippen LogP contribution in [0.2, 0.25) is 0 Å². The van der Waals surface area contributed by atoms with E-state index in [-0.39, 0.29) is 5.92 Å². The lowest BCUT2D eigenvalue weighted by Crippen LogP contribution is -2.69. The minimum Gasteiger partial charge on any atom is -0.340 e. The van der Waals surface area contributed by atoms with Crippen molar-refractivity contribution in [1.29, 1.82) is 0 Å². The van der Waals surface area contributed by atoms with E-state index >= 15 is 0 Å². The van der Waals surface area contributed by atoms with Crippen molar-refractivity contribution in [2.45, 2.75) is 39.3 Å². The van der Waals surface area contributed by atoms with Crippen LogP contribution < -0.4 is 10.2 Å². The third kappa shape index (κ3) is 2.50. The summed E-state index contributed by atoms with van der Waals surface area (Å²) in [5, 5.41) is 2.60. The predicted molar refractivity (Wildman–Crippen MR) is 74.7 cm³/mol. The van der Waals surface area contributed by atoms with Gasteiger partial charge in [-0.3, -0.25) is 14.5 Å². The Morgan fingerprint density at radius 1 is 1.19 bits per heavy atom. The molecule has 0 spiro atoms. The van der Waals surface area contributed by atoms with Gasteiger partial charge in [0.25, 0.3) is 5.91 Å². The maximum atomic E-state index is 14.1. The lowest BCUT2D eigenvalue weighted by Gasteiger charge is -2.44. The molecule has 0 aliphatic carbocycles. The van der Waals surface area contributed by atoms with E-state index in [0.717, 1.165) is 17.0 Å². The Bertz CT molecular complexity index is 579. The number of anilines is 1. The van der Waals surface area contributed by atoms with E-state index in [0.29, 0.717) is 0 Å². The van der Waals surface area contributed by atoms with Gasteiger partial charge in [-0.05, 0) is 31.9 Å². The van der Waals surface area contributed by atoms with Crippen molar-refractivity contribution in [3.63, 3.8) is 0 Å². The fraction of sp³-hybridized carbons (Fsp3) is 0.467. The van der Waals surface area contributed by atoms with Crippen LogP contribution in [0.15, 0.2) is 18.2 Å². The number of carbonyl (C=O) groups excluding carboxylic acids is 2. The average molecular weight is 296 g/mol. The summed E-state index contributed by atoms with van der Waals surface area (Å²) in [6, 6.07) is 2.42. The van der Waals surface area contributed by atoms with E-state index in [2.05, 4.69) is 5.32 Å². The van der Waals surface area contributed by atoms with Crippen LogP contribution in [0.4, 0.5) is 14.5 Å². The van der Waals surface area contributed by atoms with Crippen LogP contribution in [0.5, 0.6) is 0 Å². The number of piperazine rings is 1. The van der Waals surface area contributed by atoms with Crippen molar-refractivity contribution in [3.8, 4) is 0 Å². The molecule has 1 fully saturated rings. The normalized spacial score (nSPS) is 21.7. The zero-order valence-corrected chi connectivity index (χ0v) is 12.4. The van der Waals surface area contributed by atoms with Crippen LogP contribution in [0.3, 0.4) is 0 Å². The first-order valence-corrected chi connectivity index (χ1v) is 6.76. The van der Waals surface area contributed by atoms with Crippen LogP contribution in [0.25, 0.3) is 0 Å². The molecular weight excluding hydrogens is 278 g/mol. The molecule has 114 valence electrons. The summed E-state index contributed by atoms with van der Waals surface area (Å²) >= 11 is 0. The largest absolute Gasteiger partial charge is 0.340 e. The molecule has 2 rings (SSSR count). The van der Waals surface area contributed by atoms with Gasteiger partial charge in [0.1, 0.15) is 28.9 Å². The minimum absolute atomic E-state index is 0.288. The number of benzene rings is 1. The van der Waals surface area contributed by atoms with Gasteiger partial charge in [-0.25, -0.2) is 8.78 Å². The van der Waals surface area contributed by atoms with E-state index in [1.54, 1.807) is 13.8 Å². The molecule has 1 atom stereocenters. The van der Waals surface area contributed by atoms with Gasteiger partial charge in [0.2, 0.25) is 5.91 Å². The number of para-hydroxylation sites is 1. The first kappa shape index (κ1) is 15.4. The van der Waals surface area contributed by atoms with Crippen LogP contribution in [0, 0.1) is 17.6 Å². The Morgan fingerprint density at radius 2 is 1.71 bits per heavy atom. The highest BCUT2D eigenvalue weighted by Crippen LogP contribution is 2.32. The van der Waals surface area contributed by atoms with Crippen molar-refractivity contribution in [2.24, 2.45) is 5.92 Å². The standard InChI is InChI=1S/C15H18F2N2O2/c1-8(2)11-13(20)18-15(3,4)14(21)19(11)12-9(16)6-5-7-10(12)17/h5-8,11H,1-4H3,(H,18,20). The SMILES string of the molecule is CC(C)C1C(=O)NC(C)(C)C(=O)N1c1c(F)cccc1F.